The third-order valence-electron chi connectivity index (χ3n) is 3.68. The van der Waals surface area contributed by atoms with Gasteiger partial charge in [-0.3, -0.25) is 4.79 Å². The highest BCUT2D eigenvalue weighted by Crippen LogP contribution is 2.35. The summed E-state index contributed by atoms with van der Waals surface area (Å²) in [5, 5.41) is 20.5. The fourth-order valence-electron chi connectivity index (χ4n) is 2.50. The Morgan fingerprint density at radius 2 is 1.96 bits per heavy atom. The standard InChI is InChI=1S/C15H17N3O3S2/c16-13(19)11-7-12(23-14(11)17)9-1-3-10(4-2-9)18-5-6-22-8-15(18,20)21/h1-4,7,20-21H,5-6,8,17H2,(H2,16,19). The van der Waals surface area contributed by atoms with Gasteiger partial charge < -0.3 is 26.6 Å². The van der Waals surface area contributed by atoms with E-state index in [1.807, 2.05) is 24.3 Å². The van der Waals surface area contributed by atoms with Crippen LogP contribution in [0.5, 0.6) is 0 Å². The number of thiophene rings is 1. The topological polar surface area (TPSA) is 113 Å². The van der Waals surface area contributed by atoms with Crippen LogP contribution in [-0.4, -0.2) is 40.1 Å². The predicted octanol–water partition coefficient (Wildman–Crippen LogP) is 1.29. The largest absolute Gasteiger partial charge is 0.390 e. The Morgan fingerprint density at radius 3 is 2.52 bits per heavy atom. The maximum absolute atomic E-state index is 11.3. The molecular formula is C15H17N3O3S2. The minimum Gasteiger partial charge on any atom is -0.390 e. The molecule has 2 heterocycles. The summed E-state index contributed by atoms with van der Waals surface area (Å²) in [7, 11) is 0. The molecule has 1 aromatic heterocycles. The van der Waals surface area contributed by atoms with E-state index in [9.17, 15) is 15.0 Å². The molecule has 3 rings (SSSR count). The number of anilines is 2. The molecule has 6 nitrogen and oxygen atoms in total. The minimum atomic E-state index is -1.84. The van der Waals surface area contributed by atoms with Gasteiger partial charge in [0.1, 0.15) is 0 Å². The van der Waals surface area contributed by atoms with Crippen LogP contribution in [0.3, 0.4) is 0 Å². The highest BCUT2D eigenvalue weighted by atomic mass is 32.2. The summed E-state index contributed by atoms with van der Waals surface area (Å²) in [5.41, 5.74) is 13.0. The van der Waals surface area contributed by atoms with Crippen LogP contribution in [0.4, 0.5) is 10.7 Å². The molecule has 0 saturated carbocycles. The molecule has 1 saturated heterocycles. The van der Waals surface area contributed by atoms with Crippen molar-refractivity contribution >= 4 is 39.7 Å². The smallest absolute Gasteiger partial charge is 0.256 e. The number of nitrogen functional groups attached to an aromatic ring is 1. The van der Waals surface area contributed by atoms with Gasteiger partial charge in [-0.1, -0.05) is 12.1 Å². The molecule has 1 aliphatic rings. The van der Waals surface area contributed by atoms with Crippen LogP contribution in [0.15, 0.2) is 30.3 Å². The van der Waals surface area contributed by atoms with Crippen molar-refractivity contribution in [2.45, 2.75) is 5.91 Å². The van der Waals surface area contributed by atoms with Crippen LogP contribution in [0.25, 0.3) is 10.4 Å². The van der Waals surface area contributed by atoms with E-state index in [4.69, 9.17) is 11.5 Å². The van der Waals surface area contributed by atoms with Crippen molar-refractivity contribution in [2.75, 3.05) is 28.7 Å². The fourth-order valence-corrected chi connectivity index (χ4v) is 4.33. The molecule has 0 unspecified atom stereocenters. The molecule has 0 aliphatic carbocycles. The predicted molar refractivity (Wildman–Crippen MR) is 94.5 cm³/mol. The van der Waals surface area contributed by atoms with Gasteiger partial charge in [0.25, 0.3) is 11.8 Å². The van der Waals surface area contributed by atoms with E-state index in [0.717, 1.165) is 21.9 Å². The number of nitrogens with zero attached hydrogens (tertiary/aromatic N) is 1. The lowest BCUT2D eigenvalue weighted by Crippen LogP contribution is -2.54. The molecule has 1 fully saturated rings. The van der Waals surface area contributed by atoms with Crippen LogP contribution >= 0.6 is 23.1 Å². The van der Waals surface area contributed by atoms with Crippen molar-refractivity contribution in [2.24, 2.45) is 5.73 Å². The monoisotopic (exact) mass is 351 g/mol. The number of primary amides is 1. The lowest BCUT2D eigenvalue weighted by Gasteiger charge is -2.40. The maximum atomic E-state index is 11.3. The summed E-state index contributed by atoms with van der Waals surface area (Å²) in [5.74, 6) is -1.29. The van der Waals surface area contributed by atoms with Crippen molar-refractivity contribution in [3.05, 3.63) is 35.9 Å². The van der Waals surface area contributed by atoms with Crippen LogP contribution in [-0.2, 0) is 0 Å². The lowest BCUT2D eigenvalue weighted by molar-refractivity contribution is -0.141. The minimum absolute atomic E-state index is 0.248. The number of carbonyl (C=O) groups is 1. The van der Waals surface area contributed by atoms with E-state index < -0.39 is 11.8 Å². The second kappa shape index (κ2) is 6.04. The Labute approximate surface area is 141 Å². The van der Waals surface area contributed by atoms with Gasteiger partial charge in [0.2, 0.25) is 0 Å². The molecule has 2 aromatic rings. The summed E-state index contributed by atoms with van der Waals surface area (Å²) in [6.45, 7) is 0.564. The number of nitrogens with two attached hydrogens (primary N) is 2. The number of hydrogen-bond donors (Lipinski definition) is 4. The van der Waals surface area contributed by atoms with Crippen LogP contribution < -0.4 is 16.4 Å². The highest BCUT2D eigenvalue weighted by Gasteiger charge is 2.35. The molecule has 1 aliphatic heterocycles. The Morgan fingerprint density at radius 1 is 1.26 bits per heavy atom. The van der Waals surface area contributed by atoms with Crippen molar-refractivity contribution in [3.8, 4) is 10.4 Å². The Balaban J connectivity index is 1.87. The average molecular weight is 351 g/mol. The van der Waals surface area contributed by atoms with Crippen molar-refractivity contribution < 1.29 is 15.0 Å². The average Bonchev–Trinajstić information content (AvgIpc) is 2.89. The maximum Gasteiger partial charge on any atom is 0.256 e. The van der Waals surface area contributed by atoms with Gasteiger partial charge >= 0.3 is 0 Å². The van der Waals surface area contributed by atoms with E-state index in [1.54, 1.807) is 11.0 Å². The first-order chi connectivity index (χ1) is 10.9. The molecule has 23 heavy (non-hydrogen) atoms. The number of thioether (sulfide) groups is 1. The van der Waals surface area contributed by atoms with Crippen molar-refractivity contribution in [1.29, 1.82) is 0 Å². The summed E-state index contributed by atoms with van der Waals surface area (Å²) in [6.07, 6.45) is 0. The van der Waals surface area contributed by atoms with E-state index in [2.05, 4.69) is 0 Å². The lowest BCUT2D eigenvalue weighted by atomic mass is 10.1. The molecule has 1 aromatic carbocycles. The Hall–Kier alpha value is -1.74. The van der Waals surface area contributed by atoms with Gasteiger partial charge in [-0.15, -0.1) is 11.3 Å². The van der Waals surface area contributed by atoms with Gasteiger partial charge in [0.05, 0.1) is 16.3 Å². The first-order valence-electron chi connectivity index (χ1n) is 6.98. The fraction of sp³-hybridized carbons (Fsp3) is 0.267. The molecule has 1 amide bonds. The Bertz CT molecular complexity index is 728. The zero-order valence-corrected chi connectivity index (χ0v) is 13.9. The summed E-state index contributed by atoms with van der Waals surface area (Å²) in [4.78, 5) is 13.7. The number of benzene rings is 1. The normalized spacial score (nSPS) is 17.2. The molecule has 0 spiro atoms. The van der Waals surface area contributed by atoms with Crippen LogP contribution in [0.1, 0.15) is 10.4 Å². The second-order valence-corrected chi connectivity index (χ2v) is 7.47. The van der Waals surface area contributed by atoms with Gasteiger partial charge in [0.15, 0.2) is 0 Å². The molecule has 122 valence electrons. The number of rotatable bonds is 3. The van der Waals surface area contributed by atoms with E-state index in [0.29, 0.717) is 17.1 Å². The van der Waals surface area contributed by atoms with Gasteiger partial charge in [0, 0.05) is 22.9 Å². The molecular weight excluding hydrogens is 334 g/mol. The molecule has 0 atom stereocenters. The summed E-state index contributed by atoms with van der Waals surface area (Å²) < 4.78 is 0. The SMILES string of the molecule is NC(=O)c1cc(-c2ccc(N3CCSCC3(O)O)cc2)sc1N. The highest BCUT2D eigenvalue weighted by molar-refractivity contribution is 7.99. The van der Waals surface area contributed by atoms with Gasteiger partial charge in [-0.05, 0) is 23.8 Å². The molecule has 6 N–H and O–H groups in total. The zero-order valence-electron chi connectivity index (χ0n) is 12.2. The van der Waals surface area contributed by atoms with Gasteiger partial charge in [-0.2, -0.15) is 11.8 Å². The number of amides is 1. The number of aliphatic hydroxyl groups is 2. The van der Waals surface area contributed by atoms with Crippen molar-refractivity contribution in [3.63, 3.8) is 0 Å². The third kappa shape index (κ3) is 3.16. The van der Waals surface area contributed by atoms with Gasteiger partial charge in [-0.25, -0.2) is 0 Å². The van der Waals surface area contributed by atoms with E-state index in [1.165, 1.54) is 23.1 Å². The number of hydrogen-bond acceptors (Lipinski definition) is 7. The summed E-state index contributed by atoms with van der Waals surface area (Å²) >= 11 is 2.81. The van der Waals surface area contributed by atoms with Crippen LogP contribution in [0.2, 0.25) is 0 Å². The van der Waals surface area contributed by atoms with Crippen LogP contribution in [0, 0.1) is 0 Å². The molecule has 0 radical (unpaired) electrons. The van der Waals surface area contributed by atoms with E-state index >= 15 is 0 Å². The first kappa shape index (κ1) is 16.1. The summed E-state index contributed by atoms with van der Waals surface area (Å²) in [6, 6.07) is 9.06. The first-order valence-corrected chi connectivity index (χ1v) is 8.95. The molecule has 8 heteroatoms. The second-order valence-electron chi connectivity index (χ2n) is 5.28. The Kier molecular flexibility index (Phi) is 4.24. The third-order valence-corrected chi connectivity index (χ3v) is 5.75. The number of carbonyl (C=O) groups excluding carboxylic acids is 1. The van der Waals surface area contributed by atoms with E-state index in [-0.39, 0.29) is 5.75 Å². The quantitative estimate of drug-likeness (QED) is 0.620. The molecule has 0 bridgehead atoms. The zero-order chi connectivity index (χ0) is 16.6. The van der Waals surface area contributed by atoms with Crippen molar-refractivity contribution in [1.82, 2.24) is 0 Å².